The molecule has 0 radical (unpaired) electrons. The molecule has 0 aliphatic heterocycles. The average Bonchev–Trinajstić information content (AvgIpc) is 3.35. The Hall–Kier alpha value is -2.37. The molecule has 2 saturated carbocycles. The van der Waals surface area contributed by atoms with Gasteiger partial charge >= 0.3 is 11.8 Å². The molecular formula is C15H17N3O3. The Morgan fingerprint density at radius 3 is 2.14 bits per heavy atom. The molecule has 2 aliphatic carbocycles. The van der Waals surface area contributed by atoms with Gasteiger partial charge in [-0.15, -0.1) is 0 Å². The first-order valence-electron chi connectivity index (χ1n) is 7.15. The van der Waals surface area contributed by atoms with Crippen molar-refractivity contribution in [1.29, 1.82) is 0 Å². The Kier molecular flexibility index (Phi) is 3.60. The quantitative estimate of drug-likeness (QED) is 0.716. The molecule has 0 aromatic heterocycles. The fourth-order valence-electron chi connectivity index (χ4n) is 1.94. The van der Waals surface area contributed by atoms with Crippen LogP contribution in [0.15, 0.2) is 24.3 Å². The molecule has 0 spiro atoms. The summed E-state index contributed by atoms with van der Waals surface area (Å²) in [6, 6.07) is 7.04. The normalized spacial score (nSPS) is 17.0. The van der Waals surface area contributed by atoms with Crippen molar-refractivity contribution < 1.29 is 14.4 Å². The highest BCUT2D eigenvalue weighted by atomic mass is 16.2. The van der Waals surface area contributed by atoms with E-state index in [2.05, 4.69) is 16.0 Å². The predicted molar refractivity (Wildman–Crippen MR) is 76.7 cm³/mol. The molecule has 2 aliphatic rings. The number of amides is 3. The minimum Gasteiger partial charge on any atom is -0.349 e. The largest absolute Gasteiger partial charge is 0.349 e. The van der Waals surface area contributed by atoms with E-state index >= 15 is 0 Å². The van der Waals surface area contributed by atoms with E-state index in [9.17, 15) is 14.4 Å². The molecule has 0 saturated heterocycles. The molecule has 21 heavy (non-hydrogen) atoms. The molecule has 6 heteroatoms. The third-order valence-corrected chi connectivity index (χ3v) is 3.45. The number of para-hydroxylation sites is 1. The molecule has 110 valence electrons. The standard InChI is InChI=1S/C15H17N3O3/c19-13(16-9-5-6-9)11-3-1-2-4-12(11)18-15(21)14(20)17-10-7-8-10/h1-4,9-10H,5-8H2,(H,16,19)(H,17,20)(H,18,21). The summed E-state index contributed by atoms with van der Waals surface area (Å²) in [6.45, 7) is 0. The lowest BCUT2D eigenvalue weighted by Crippen LogP contribution is -2.37. The molecule has 1 aromatic rings. The number of benzene rings is 1. The fraction of sp³-hybridized carbons (Fsp3) is 0.400. The summed E-state index contributed by atoms with van der Waals surface area (Å²) in [5.41, 5.74) is 0.726. The molecule has 0 unspecified atom stereocenters. The van der Waals surface area contributed by atoms with Crippen LogP contribution in [0.3, 0.4) is 0 Å². The smallest absolute Gasteiger partial charge is 0.313 e. The minimum atomic E-state index is -0.742. The molecular weight excluding hydrogens is 270 g/mol. The van der Waals surface area contributed by atoms with Crippen LogP contribution in [0.5, 0.6) is 0 Å². The van der Waals surface area contributed by atoms with Gasteiger partial charge in [0.2, 0.25) is 0 Å². The van der Waals surface area contributed by atoms with Crippen molar-refractivity contribution in [1.82, 2.24) is 10.6 Å². The maximum absolute atomic E-state index is 12.1. The van der Waals surface area contributed by atoms with Crippen LogP contribution in [-0.2, 0) is 9.59 Å². The van der Waals surface area contributed by atoms with Crippen LogP contribution < -0.4 is 16.0 Å². The van der Waals surface area contributed by atoms with Crippen molar-refractivity contribution in [3.05, 3.63) is 29.8 Å². The summed E-state index contributed by atoms with van der Waals surface area (Å²) in [5.74, 6) is -1.63. The zero-order valence-electron chi connectivity index (χ0n) is 11.5. The average molecular weight is 287 g/mol. The Morgan fingerprint density at radius 1 is 0.857 bits per heavy atom. The Balaban J connectivity index is 1.67. The Labute approximate surface area is 122 Å². The zero-order chi connectivity index (χ0) is 14.8. The lowest BCUT2D eigenvalue weighted by atomic mass is 10.1. The van der Waals surface area contributed by atoms with Gasteiger partial charge in [0.25, 0.3) is 5.91 Å². The van der Waals surface area contributed by atoms with E-state index < -0.39 is 11.8 Å². The monoisotopic (exact) mass is 287 g/mol. The van der Waals surface area contributed by atoms with Crippen LogP contribution in [0, 0.1) is 0 Å². The predicted octanol–water partition coefficient (Wildman–Crippen LogP) is 0.796. The van der Waals surface area contributed by atoms with Gasteiger partial charge in [0, 0.05) is 12.1 Å². The maximum Gasteiger partial charge on any atom is 0.313 e. The van der Waals surface area contributed by atoms with E-state index in [1.54, 1.807) is 24.3 Å². The first-order chi connectivity index (χ1) is 10.1. The van der Waals surface area contributed by atoms with Crippen molar-refractivity contribution in [3.63, 3.8) is 0 Å². The molecule has 0 atom stereocenters. The van der Waals surface area contributed by atoms with Crippen LogP contribution in [0.2, 0.25) is 0 Å². The summed E-state index contributed by atoms with van der Waals surface area (Å²) in [6.07, 6.45) is 3.81. The van der Waals surface area contributed by atoms with Crippen LogP contribution in [0.25, 0.3) is 0 Å². The number of rotatable bonds is 4. The van der Waals surface area contributed by atoms with Crippen LogP contribution >= 0.6 is 0 Å². The maximum atomic E-state index is 12.1. The van der Waals surface area contributed by atoms with E-state index in [0.29, 0.717) is 11.3 Å². The highest BCUT2D eigenvalue weighted by Gasteiger charge is 2.28. The summed E-state index contributed by atoms with van der Waals surface area (Å²) in [5, 5.41) is 7.98. The van der Waals surface area contributed by atoms with Gasteiger partial charge in [-0.2, -0.15) is 0 Å². The molecule has 0 heterocycles. The third-order valence-electron chi connectivity index (χ3n) is 3.45. The number of hydrogen-bond acceptors (Lipinski definition) is 3. The summed E-state index contributed by atoms with van der Waals surface area (Å²) in [7, 11) is 0. The molecule has 6 nitrogen and oxygen atoms in total. The van der Waals surface area contributed by atoms with Crippen molar-refractivity contribution in [2.45, 2.75) is 37.8 Å². The van der Waals surface area contributed by atoms with Gasteiger partial charge in [0.1, 0.15) is 0 Å². The van der Waals surface area contributed by atoms with Gasteiger partial charge in [0.05, 0.1) is 11.3 Å². The van der Waals surface area contributed by atoms with Crippen LogP contribution in [-0.4, -0.2) is 29.8 Å². The van der Waals surface area contributed by atoms with Crippen molar-refractivity contribution in [3.8, 4) is 0 Å². The second kappa shape index (κ2) is 5.55. The summed E-state index contributed by atoms with van der Waals surface area (Å²) < 4.78 is 0. The number of nitrogens with one attached hydrogen (secondary N) is 3. The number of carbonyl (C=O) groups excluding carboxylic acids is 3. The molecule has 3 amide bonds. The highest BCUT2D eigenvalue weighted by Crippen LogP contribution is 2.22. The highest BCUT2D eigenvalue weighted by molar-refractivity contribution is 6.40. The van der Waals surface area contributed by atoms with E-state index in [1.165, 1.54) is 0 Å². The van der Waals surface area contributed by atoms with Gasteiger partial charge in [-0.3, -0.25) is 14.4 Å². The van der Waals surface area contributed by atoms with Crippen molar-refractivity contribution >= 4 is 23.4 Å². The lowest BCUT2D eigenvalue weighted by molar-refractivity contribution is -0.136. The first-order valence-corrected chi connectivity index (χ1v) is 7.15. The second-order valence-electron chi connectivity index (χ2n) is 5.50. The van der Waals surface area contributed by atoms with Gasteiger partial charge in [-0.1, -0.05) is 12.1 Å². The molecule has 3 rings (SSSR count). The van der Waals surface area contributed by atoms with Crippen molar-refractivity contribution in [2.24, 2.45) is 0 Å². The van der Waals surface area contributed by atoms with Gasteiger partial charge in [-0.05, 0) is 37.8 Å². The molecule has 0 bridgehead atoms. The van der Waals surface area contributed by atoms with E-state index in [0.717, 1.165) is 25.7 Å². The first kappa shape index (κ1) is 13.6. The Bertz CT molecular complexity index is 592. The number of anilines is 1. The summed E-state index contributed by atoms with van der Waals surface area (Å²) >= 11 is 0. The Morgan fingerprint density at radius 2 is 1.48 bits per heavy atom. The van der Waals surface area contributed by atoms with Gasteiger partial charge in [0.15, 0.2) is 0 Å². The SMILES string of the molecule is O=C(Nc1ccccc1C(=O)NC1CC1)C(=O)NC1CC1. The number of carbonyl (C=O) groups is 3. The molecule has 2 fully saturated rings. The van der Waals surface area contributed by atoms with E-state index in [4.69, 9.17) is 0 Å². The van der Waals surface area contributed by atoms with Gasteiger partial charge in [-0.25, -0.2) is 0 Å². The molecule has 1 aromatic carbocycles. The second-order valence-corrected chi connectivity index (χ2v) is 5.50. The van der Waals surface area contributed by atoms with E-state index in [1.807, 2.05) is 0 Å². The number of hydrogen-bond donors (Lipinski definition) is 3. The third kappa shape index (κ3) is 3.59. The van der Waals surface area contributed by atoms with Crippen LogP contribution in [0.4, 0.5) is 5.69 Å². The van der Waals surface area contributed by atoms with Crippen molar-refractivity contribution in [2.75, 3.05) is 5.32 Å². The van der Waals surface area contributed by atoms with E-state index in [-0.39, 0.29) is 18.0 Å². The van der Waals surface area contributed by atoms with Crippen LogP contribution in [0.1, 0.15) is 36.0 Å². The minimum absolute atomic E-state index is 0.122. The van der Waals surface area contributed by atoms with Gasteiger partial charge < -0.3 is 16.0 Å². The lowest BCUT2D eigenvalue weighted by Gasteiger charge is -2.11. The summed E-state index contributed by atoms with van der Waals surface area (Å²) in [4.78, 5) is 35.6. The topological polar surface area (TPSA) is 87.3 Å². The molecule has 3 N–H and O–H groups in total. The zero-order valence-corrected chi connectivity index (χ0v) is 11.5. The fourth-order valence-corrected chi connectivity index (χ4v) is 1.94.